The molecule has 1 saturated heterocycles. The summed E-state index contributed by atoms with van der Waals surface area (Å²) in [6, 6.07) is 6.07. The van der Waals surface area contributed by atoms with Crippen LogP contribution in [0.25, 0.3) is 0 Å². The molecular weight excluding hydrogens is 282 g/mol. The lowest BCUT2D eigenvalue weighted by Gasteiger charge is -2.14. The Labute approximate surface area is 110 Å². The van der Waals surface area contributed by atoms with Gasteiger partial charge in [-0.05, 0) is 53.4 Å². The van der Waals surface area contributed by atoms with Crippen molar-refractivity contribution in [3.8, 4) is 5.75 Å². The Morgan fingerprint density at radius 1 is 1.41 bits per heavy atom. The number of aryl methyl sites for hydroxylation is 1. The van der Waals surface area contributed by atoms with Crippen molar-refractivity contribution in [2.24, 2.45) is 5.73 Å². The number of ether oxygens (including phenoxy) is 2. The highest BCUT2D eigenvalue weighted by Gasteiger charge is 2.24. The molecule has 4 heteroatoms. The summed E-state index contributed by atoms with van der Waals surface area (Å²) in [5, 5.41) is 0. The molecule has 1 aliphatic heterocycles. The van der Waals surface area contributed by atoms with E-state index in [0.717, 1.165) is 23.1 Å². The minimum absolute atomic E-state index is 0.178. The lowest BCUT2D eigenvalue weighted by molar-refractivity contribution is 0.0220. The van der Waals surface area contributed by atoms with Gasteiger partial charge in [-0.2, -0.15) is 0 Å². The Hall–Kier alpha value is -0.580. The van der Waals surface area contributed by atoms with Gasteiger partial charge in [-0.3, -0.25) is 0 Å². The number of halogens is 1. The standard InChI is InChI=1S/C13H18BrNO2/c1-9-2-5-13(12(14)6-9)16-8-11-4-3-10(7-15)17-11/h2,5-6,10-11H,3-4,7-8,15H2,1H3. The van der Waals surface area contributed by atoms with Crippen LogP contribution in [0.3, 0.4) is 0 Å². The van der Waals surface area contributed by atoms with Crippen molar-refractivity contribution < 1.29 is 9.47 Å². The molecule has 0 saturated carbocycles. The van der Waals surface area contributed by atoms with Gasteiger partial charge in [0.1, 0.15) is 12.4 Å². The number of nitrogens with two attached hydrogens (primary N) is 1. The molecule has 17 heavy (non-hydrogen) atoms. The third-order valence-electron chi connectivity index (χ3n) is 2.97. The SMILES string of the molecule is Cc1ccc(OCC2CCC(CN)O2)c(Br)c1. The lowest BCUT2D eigenvalue weighted by atomic mass is 10.2. The van der Waals surface area contributed by atoms with Crippen LogP contribution in [0.5, 0.6) is 5.75 Å². The summed E-state index contributed by atoms with van der Waals surface area (Å²) in [5.74, 6) is 0.871. The topological polar surface area (TPSA) is 44.5 Å². The van der Waals surface area contributed by atoms with Crippen LogP contribution in [-0.2, 0) is 4.74 Å². The lowest BCUT2D eigenvalue weighted by Crippen LogP contribution is -2.23. The van der Waals surface area contributed by atoms with Crippen LogP contribution in [-0.4, -0.2) is 25.4 Å². The molecule has 2 unspecified atom stereocenters. The first-order chi connectivity index (χ1) is 8.19. The van der Waals surface area contributed by atoms with Gasteiger partial charge < -0.3 is 15.2 Å². The maximum atomic E-state index is 5.76. The molecular formula is C13H18BrNO2. The van der Waals surface area contributed by atoms with Crippen molar-refractivity contribution >= 4 is 15.9 Å². The van der Waals surface area contributed by atoms with Gasteiger partial charge in [0, 0.05) is 6.54 Å². The van der Waals surface area contributed by atoms with Crippen LogP contribution in [0.2, 0.25) is 0 Å². The normalized spacial score (nSPS) is 23.9. The van der Waals surface area contributed by atoms with E-state index in [1.54, 1.807) is 0 Å². The number of rotatable bonds is 4. The zero-order chi connectivity index (χ0) is 12.3. The molecule has 94 valence electrons. The van der Waals surface area contributed by atoms with E-state index in [1.165, 1.54) is 5.56 Å². The Morgan fingerprint density at radius 3 is 2.82 bits per heavy atom. The smallest absolute Gasteiger partial charge is 0.133 e. The molecule has 1 aliphatic rings. The molecule has 1 aromatic carbocycles. The van der Waals surface area contributed by atoms with E-state index in [4.69, 9.17) is 15.2 Å². The number of benzene rings is 1. The zero-order valence-corrected chi connectivity index (χ0v) is 11.6. The molecule has 0 amide bonds. The van der Waals surface area contributed by atoms with Gasteiger partial charge in [0.15, 0.2) is 0 Å². The average Bonchev–Trinajstić information content (AvgIpc) is 2.76. The third-order valence-corrected chi connectivity index (χ3v) is 3.59. The van der Waals surface area contributed by atoms with E-state index in [0.29, 0.717) is 13.2 Å². The molecule has 3 nitrogen and oxygen atoms in total. The second-order valence-electron chi connectivity index (χ2n) is 4.44. The summed E-state index contributed by atoms with van der Waals surface area (Å²) >= 11 is 3.50. The molecule has 2 rings (SSSR count). The van der Waals surface area contributed by atoms with Gasteiger partial charge in [-0.15, -0.1) is 0 Å². The van der Waals surface area contributed by atoms with Crippen molar-refractivity contribution in [2.75, 3.05) is 13.2 Å². The minimum atomic E-state index is 0.178. The average molecular weight is 300 g/mol. The molecule has 0 aromatic heterocycles. The summed E-state index contributed by atoms with van der Waals surface area (Å²) in [6.07, 6.45) is 2.46. The quantitative estimate of drug-likeness (QED) is 0.929. The van der Waals surface area contributed by atoms with Crippen molar-refractivity contribution in [3.05, 3.63) is 28.2 Å². The van der Waals surface area contributed by atoms with Crippen LogP contribution < -0.4 is 10.5 Å². The molecule has 0 bridgehead atoms. The van der Waals surface area contributed by atoms with E-state index in [9.17, 15) is 0 Å². The summed E-state index contributed by atoms with van der Waals surface area (Å²) in [7, 11) is 0. The molecule has 0 aliphatic carbocycles. The van der Waals surface area contributed by atoms with Gasteiger partial charge >= 0.3 is 0 Å². The summed E-state index contributed by atoms with van der Waals surface area (Å²) < 4.78 is 12.5. The Balaban J connectivity index is 1.86. The summed E-state index contributed by atoms with van der Waals surface area (Å²) in [5.41, 5.74) is 6.78. The fourth-order valence-electron chi connectivity index (χ4n) is 1.98. The number of hydrogen-bond donors (Lipinski definition) is 1. The Morgan fingerprint density at radius 2 is 2.18 bits per heavy atom. The van der Waals surface area contributed by atoms with Crippen LogP contribution >= 0.6 is 15.9 Å². The summed E-state index contributed by atoms with van der Waals surface area (Å²) in [4.78, 5) is 0. The van der Waals surface area contributed by atoms with Crippen LogP contribution in [0.4, 0.5) is 0 Å². The minimum Gasteiger partial charge on any atom is -0.490 e. The maximum absolute atomic E-state index is 5.76. The highest BCUT2D eigenvalue weighted by molar-refractivity contribution is 9.10. The largest absolute Gasteiger partial charge is 0.490 e. The van der Waals surface area contributed by atoms with Gasteiger partial charge in [0.2, 0.25) is 0 Å². The van der Waals surface area contributed by atoms with E-state index in [-0.39, 0.29) is 12.2 Å². The maximum Gasteiger partial charge on any atom is 0.133 e. The predicted octanol–water partition coefficient (Wildman–Crippen LogP) is 2.64. The Bertz CT molecular complexity index is 384. The zero-order valence-electron chi connectivity index (χ0n) is 9.99. The van der Waals surface area contributed by atoms with E-state index >= 15 is 0 Å². The van der Waals surface area contributed by atoms with Gasteiger partial charge in [-0.25, -0.2) is 0 Å². The van der Waals surface area contributed by atoms with Crippen LogP contribution in [0, 0.1) is 6.92 Å². The van der Waals surface area contributed by atoms with Gasteiger partial charge in [0.05, 0.1) is 16.7 Å². The molecule has 0 spiro atoms. The molecule has 1 fully saturated rings. The molecule has 2 N–H and O–H groups in total. The monoisotopic (exact) mass is 299 g/mol. The molecule has 1 aromatic rings. The molecule has 2 atom stereocenters. The third kappa shape index (κ3) is 3.44. The van der Waals surface area contributed by atoms with Crippen molar-refractivity contribution in [1.82, 2.24) is 0 Å². The first-order valence-corrected chi connectivity index (χ1v) is 6.73. The predicted molar refractivity (Wildman–Crippen MR) is 71.3 cm³/mol. The van der Waals surface area contributed by atoms with E-state index < -0.39 is 0 Å². The first kappa shape index (κ1) is 12.9. The van der Waals surface area contributed by atoms with E-state index in [2.05, 4.69) is 22.9 Å². The highest BCUT2D eigenvalue weighted by Crippen LogP contribution is 2.27. The fourth-order valence-corrected chi connectivity index (χ4v) is 2.59. The van der Waals surface area contributed by atoms with Gasteiger partial charge in [-0.1, -0.05) is 6.07 Å². The highest BCUT2D eigenvalue weighted by atomic mass is 79.9. The van der Waals surface area contributed by atoms with Gasteiger partial charge in [0.25, 0.3) is 0 Å². The second-order valence-corrected chi connectivity index (χ2v) is 5.29. The van der Waals surface area contributed by atoms with Crippen molar-refractivity contribution in [1.29, 1.82) is 0 Å². The Kier molecular flexibility index (Phi) is 4.42. The first-order valence-electron chi connectivity index (χ1n) is 5.93. The fraction of sp³-hybridized carbons (Fsp3) is 0.538. The summed E-state index contributed by atoms with van der Waals surface area (Å²) in [6.45, 7) is 3.25. The molecule has 1 heterocycles. The van der Waals surface area contributed by atoms with Crippen molar-refractivity contribution in [3.63, 3.8) is 0 Å². The van der Waals surface area contributed by atoms with Crippen LogP contribution in [0.15, 0.2) is 22.7 Å². The van der Waals surface area contributed by atoms with Crippen molar-refractivity contribution in [2.45, 2.75) is 32.0 Å². The molecule has 0 radical (unpaired) electrons. The number of hydrogen-bond acceptors (Lipinski definition) is 3. The van der Waals surface area contributed by atoms with E-state index in [1.807, 2.05) is 18.2 Å². The second kappa shape index (κ2) is 5.85. The van der Waals surface area contributed by atoms with Crippen LogP contribution in [0.1, 0.15) is 18.4 Å².